The van der Waals surface area contributed by atoms with Crippen LogP contribution in [-0.4, -0.2) is 63.4 Å². The first-order valence-electron chi connectivity index (χ1n) is 17.0. The van der Waals surface area contributed by atoms with Crippen LogP contribution in [0.15, 0.2) is 79.1 Å². The number of aromatic nitrogens is 3. The molecule has 53 heavy (non-hydrogen) atoms. The summed E-state index contributed by atoms with van der Waals surface area (Å²) in [5, 5.41) is 9.09. The Kier molecular flexibility index (Phi) is 9.68. The fourth-order valence-corrected chi connectivity index (χ4v) is 6.61. The Bertz CT molecular complexity index is 2300. The van der Waals surface area contributed by atoms with E-state index in [2.05, 4.69) is 32.6 Å². The van der Waals surface area contributed by atoms with Crippen LogP contribution < -0.4 is 15.5 Å². The van der Waals surface area contributed by atoms with Crippen LogP contribution in [0.2, 0.25) is 0 Å². The number of nitrogens with zero attached hydrogens (tertiary/aromatic N) is 5. The molecule has 5 aromatic rings. The molecule has 2 aromatic heterocycles. The van der Waals surface area contributed by atoms with Crippen molar-refractivity contribution in [3.63, 3.8) is 0 Å². The Morgan fingerprint density at radius 3 is 2.57 bits per heavy atom. The summed E-state index contributed by atoms with van der Waals surface area (Å²) in [6, 6.07) is 16.9. The summed E-state index contributed by atoms with van der Waals surface area (Å²) in [5.41, 5.74) is 2.85. The fraction of sp³-hybridized carbons (Fsp3) is 0.256. The van der Waals surface area contributed by atoms with Crippen molar-refractivity contribution in [2.75, 3.05) is 36.4 Å². The predicted octanol–water partition coefficient (Wildman–Crippen LogP) is 5.69. The van der Waals surface area contributed by atoms with Crippen LogP contribution in [0.3, 0.4) is 0 Å². The van der Waals surface area contributed by atoms with Gasteiger partial charge in [-0.05, 0) is 78.9 Å². The second-order valence-electron chi connectivity index (χ2n) is 13.0. The monoisotopic (exact) mass is 723 g/mol. The standard InChI is InChI=1S/C39H33F4N7O3/c1-24-4-6-27(20-26(24)7-9-29-22-44-35-3-2-14-45-50(29)35)37(52)46-28-8-12-34(32(21-28)39(41,42)43)49-17-15-48(16-18-49)23-25-5-10-30(33(40)19-25)31-11-13-36(51)47-38(31)53/h2-6,8,10,12,14,19-22,31H,11,13,15-18,23H2,1H3,(H,46,52)(H,47,51,53). The molecule has 0 saturated carbocycles. The number of carbonyl (C=O) groups is 3. The maximum atomic E-state index is 15.0. The van der Waals surface area contributed by atoms with Crippen LogP contribution in [0.4, 0.5) is 28.9 Å². The van der Waals surface area contributed by atoms with Gasteiger partial charge in [0.2, 0.25) is 11.8 Å². The molecule has 7 rings (SSSR count). The minimum atomic E-state index is -4.69. The number of hydrogen-bond donors (Lipinski definition) is 2. The summed E-state index contributed by atoms with van der Waals surface area (Å²) < 4.78 is 59.8. The molecule has 14 heteroatoms. The van der Waals surface area contributed by atoms with Gasteiger partial charge in [-0.1, -0.05) is 24.1 Å². The van der Waals surface area contributed by atoms with Gasteiger partial charge >= 0.3 is 6.18 Å². The molecule has 4 heterocycles. The minimum absolute atomic E-state index is 0.00231. The number of fused-ring (bicyclic) bond motifs is 1. The van der Waals surface area contributed by atoms with E-state index in [1.807, 2.05) is 11.8 Å². The van der Waals surface area contributed by atoms with Crippen LogP contribution >= 0.6 is 0 Å². The number of rotatable bonds is 6. The smallest absolute Gasteiger partial charge is 0.368 e. The molecule has 3 amide bonds. The topological polar surface area (TPSA) is 112 Å². The first-order valence-corrected chi connectivity index (χ1v) is 17.0. The molecule has 0 bridgehead atoms. The molecular formula is C39H33F4N7O3. The third-order valence-electron chi connectivity index (χ3n) is 9.46. The van der Waals surface area contributed by atoms with E-state index >= 15 is 4.39 Å². The normalized spacial score (nSPS) is 16.6. The van der Waals surface area contributed by atoms with Gasteiger partial charge in [0.05, 0.1) is 17.7 Å². The summed E-state index contributed by atoms with van der Waals surface area (Å²) in [7, 11) is 0. The van der Waals surface area contributed by atoms with Crippen LogP contribution in [-0.2, 0) is 22.3 Å². The van der Waals surface area contributed by atoms with Crippen molar-refractivity contribution < 1.29 is 31.9 Å². The lowest BCUT2D eigenvalue weighted by Gasteiger charge is -2.37. The molecule has 3 aromatic carbocycles. The summed E-state index contributed by atoms with van der Waals surface area (Å²) >= 11 is 0. The number of halogens is 4. The number of aryl methyl sites for hydroxylation is 1. The third-order valence-corrected chi connectivity index (χ3v) is 9.46. The summed E-state index contributed by atoms with van der Waals surface area (Å²) in [6.07, 6.45) is -1.09. The minimum Gasteiger partial charge on any atom is -0.368 e. The number of imide groups is 1. The number of anilines is 2. The van der Waals surface area contributed by atoms with Crippen LogP contribution in [0.25, 0.3) is 5.65 Å². The Labute approximate surface area is 301 Å². The van der Waals surface area contributed by atoms with Crippen LogP contribution in [0, 0.1) is 24.6 Å². The maximum Gasteiger partial charge on any atom is 0.418 e. The Morgan fingerprint density at radius 1 is 1.00 bits per heavy atom. The second-order valence-corrected chi connectivity index (χ2v) is 13.0. The van der Waals surface area contributed by atoms with Crippen molar-refractivity contribution in [2.24, 2.45) is 0 Å². The molecule has 2 fully saturated rings. The van der Waals surface area contributed by atoms with E-state index in [4.69, 9.17) is 0 Å². The first-order chi connectivity index (χ1) is 25.4. The maximum absolute atomic E-state index is 15.0. The van der Waals surface area contributed by atoms with Crippen LogP contribution in [0.5, 0.6) is 0 Å². The Balaban J connectivity index is 1.01. The van der Waals surface area contributed by atoms with Crippen molar-refractivity contribution in [3.05, 3.63) is 124 Å². The van der Waals surface area contributed by atoms with E-state index in [0.29, 0.717) is 55.2 Å². The van der Waals surface area contributed by atoms with Crippen molar-refractivity contribution in [1.29, 1.82) is 0 Å². The van der Waals surface area contributed by atoms with Gasteiger partial charge < -0.3 is 10.2 Å². The fourth-order valence-electron chi connectivity index (χ4n) is 6.61. The Hall–Kier alpha value is -6.07. The van der Waals surface area contributed by atoms with Gasteiger partial charge in [-0.2, -0.15) is 18.3 Å². The highest BCUT2D eigenvalue weighted by Crippen LogP contribution is 2.39. The number of carbonyl (C=O) groups excluding carboxylic acids is 3. The second kappa shape index (κ2) is 14.5. The zero-order chi connectivity index (χ0) is 37.3. The van der Waals surface area contributed by atoms with Gasteiger partial charge in [-0.15, -0.1) is 0 Å². The first kappa shape index (κ1) is 35.3. The van der Waals surface area contributed by atoms with Gasteiger partial charge in [0.1, 0.15) is 11.5 Å². The number of imidazole rings is 1. The highest BCUT2D eigenvalue weighted by atomic mass is 19.4. The quantitative estimate of drug-likeness (QED) is 0.132. The van der Waals surface area contributed by atoms with Crippen molar-refractivity contribution in [2.45, 2.75) is 38.4 Å². The molecule has 0 radical (unpaired) electrons. The molecule has 0 aliphatic carbocycles. The van der Waals surface area contributed by atoms with E-state index in [-0.39, 0.29) is 41.3 Å². The molecular weight excluding hydrogens is 690 g/mol. The van der Waals surface area contributed by atoms with Crippen molar-refractivity contribution in [3.8, 4) is 11.8 Å². The number of piperidine rings is 1. The van der Waals surface area contributed by atoms with Gasteiger partial charge in [0, 0.05) is 73.4 Å². The van der Waals surface area contributed by atoms with Crippen LogP contribution in [0.1, 0.15) is 62.6 Å². The summed E-state index contributed by atoms with van der Waals surface area (Å²) in [6.45, 7) is 3.67. The lowest BCUT2D eigenvalue weighted by atomic mass is 9.89. The molecule has 1 atom stereocenters. The van der Waals surface area contributed by atoms with Gasteiger partial charge in [0.25, 0.3) is 5.91 Å². The Morgan fingerprint density at radius 2 is 1.81 bits per heavy atom. The number of amides is 3. The average molecular weight is 724 g/mol. The molecule has 270 valence electrons. The summed E-state index contributed by atoms with van der Waals surface area (Å²) in [4.78, 5) is 44.9. The lowest BCUT2D eigenvalue weighted by Crippen LogP contribution is -2.46. The molecule has 2 N–H and O–H groups in total. The van der Waals surface area contributed by atoms with Gasteiger partial charge in [-0.3, -0.25) is 24.6 Å². The van der Waals surface area contributed by atoms with E-state index in [9.17, 15) is 27.6 Å². The highest BCUT2D eigenvalue weighted by Gasteiger charge is 2.36. The predicted molar refractivity (Wildman–Crippen MR) is 189 cm³/mol. The zero-order valence-electron chi connectivity index (χ0n) is 28.5. The number of piperazine rings is 1. The van der Waals surface area contributed by atoms with E-state index in [1.165, 1.54) is 18.2 Å². The molecule has 2 aliphatic rings. The SMILES string of the molecule is Cc1ccc(C(=O)Nc2ccc(N3CCN(Cc4ccc(C5CCC(=O)NC5=O)c(F)c4)CC3)c(C(F)(F)F)c2)cc1C#Cc1cnc2cccnn12. The van der Waals surface area contributed by atoms with E-state index in [1.54, 1.807) is 64.3 Å². The van der Waals surface area contributed by atoms with Gasteiger partial charge in [-0.25, -0.2) is 13.9 Å². The van der Waals surface area contributed by atoms with Gasteiger partial charge in [0.15, 0.2) is 5.65 Å². The lowest BCUT2D eigenvalue weighted by molar-refractivity contribution is -0.137. The highest BCUT2D eigenvalue weighted by molar-refractivity contribution is 6.04. The zero-order valence-corrected chi connectivity index (χ0v) is 28.5. The molecule has 2 aliphatic heterocycles. The number of benzene rings is 3. The average Bonchev–Trinajstić information content (AvgIpc) is 3.55. The number of nitrogens with one attached hydrogen (secondary N) is 2. The van der Waals surface area contributed by atoms with Crippen molar-refractivity contribution >= 4 is 34.7 Å². The van der Waals surface area contributed by atoms with E-state index < -0.39 is 35.3 Å². The largest absolute Gasteiger partial charge is 0.418 e. The number of alkyl halides is 3. The number of hydrogen-bond acceptors (Lipinski definition) is 7. The van der Waals surface area contributed by atoms with E-state index in [0.717, 1.165) is 11.6 Å². The molecule has 10 nitrogen and oxygen atoms in total. The molecule has 0 spiro atoms. The molecule has 1 unspecified atom stereocenters. The third kappa shape index (κ3) is 7.75. The van der Waals surface area contributed by atoms with Crippen molar-refractivity contribution in [1.82, 2.24) is 24.8 Å². The summed E-state index contributed by atoms with van der Waals surface area (Å²) in [5.74, 6) is 3.33. The molecule has 2 saturated heterocycles.